The zero-order chi connectivity index (χ0) is 21.0. The number of carbonyl (C=O) groups excluding carboxylic acids is 2. The van der Waals surface area contributed by atoms with Gasteiger partial charge in [-0.2, -0.15) is 0 Å². The Morgan fingerprint density at radius 1 is 0.966 bits per heavy atom. The molecule has 2 aliphatic heterocycles. The average Bonchev–Trinajstić information content (AvgIpc) is 2.66. The fourth-order valence-electron chi connectivity index (χ4n) is 4.54. The minimum absolute atomic E-state index is 0.0273. The molecule has 2 atom stereocenters. The van der Waals surface area contributed by atoms with E-state index in [1.165, 1.54) is 12.0 Å². The van der Waals surface area contributed by atoms with Crippen LogP contribution in [0.25, 0.3) is 0 Å². The molecule has 2 heterocycles. The van der Waals surface area contributed by atoms with Crippen LogP contribution in [0.5, 0.6) is 0 Å². The Balaban J connectivity index is 1.41. The van der Waals surface area contributed by atoms with Crippen LogP contribution in [0.1, 0.15) is 31.4 Å². The number of nitrogens with one attached hydrogen (secondary N) is 1. The molecule has 6 heteroatoms. The zero-order valence-electron chi connectivity index (χ0n) is 18.4. The first kappa shape index (κ1) is 21.8. The summed E-state index contributed by atoms with van der Waals surface area (Å²) < 4.78 is 0. The van der Waals surface area contributed by atoms with E-state index in [1.54, 1.807) is 0 Å². The average molecular weight is 401 g/mol. The predicted octanol–water partition coefficient (Wildman–Crippen LogP) is 2.36. The third-order valence-electron chi connectivity index (χ3n) is 6.29. The molecule has 0 saturated carbocycles. The van der Waals surface area contributed by atoms with Gasteiger partial charge in [0.1, 0.15) is 0 Å². The lowest BCUT2D eigenvalue weighted by atomic mass is 9.92. The number of aryl methyl sites for hydroxylation is 1. The molecule has 3 rings (SSSR count). The summed E-state index contributed by atoms with van der Waals surface area (Å²) >= 11 is 0. The van der Waals surface area contributed by atoms with Crippen LogP contribution in [-0.4, -0.2) is 78.9 Å². The van der Waals surface area contributed by atoms with E-state index in [-0.39, 0.29) is 11.8 Å². The van der Waals surface area contributed by atoms with Crippen molar-refractivity contribution < 1.29 is 9.59 Å². The van der Waals surface area contributed by atoms with Gasteiger partial charge in [0.25, 0.3) is 0 Å². The molecular weight excluding hydrogens is 364 g/mol. The van der Waals surface area contributed by atoms with E-state index in [4.69, 9.17) is 0 Å². The van der Waals surface area contributed by atoms with E-state index in [9.17, 15) is 9.59 Å². The fraction of sp³-hybridized carbons (Fsp3) is 0.652. The molecule has 160 valence electrons. The molecule has 0 bridgehead atoms. The number of carbonyl (C=O) groups is 2. The lowest BCUT2D eigenvalue weighted by Gasteiger charge is -2.38. The van der Waals surface area contributed by atoms with Crippen molar-refractivity contribution in [1.29, 1.82) is 0 Å². The summed E-state index contributed by atoms with van der Waals surface area (Å²) in [6.45, 7) is 14.5. The van der Waals surface area contributed by atoms with Crippen LogP contribution in [0.4, 0.5) is 5.69 Å². The maximum atomic E-state index is 12.7. The standard InChI is InChI=1S/C23H36N4O2/c1-17-12-18(2)14-27(13-17)23(29)16-26-10-8-25(9-11-26)15-22(28)24-21-7-5-6-19(3)20(21)4/h5-7,17-18H,8-16H2,1-4H3,(H,24,28). The summed E-state index contributed by atoms with van der Waals surface area (Å²) in [5.41, 5.74) is 3.19. The summed E-state index contributed by atoms with van der Waals surface area (Å²) in [6, 6.07) is 5.97. The van der Waals surface area contributed by atoms with Gasteiger partial charge in [-0.05, 0) is 49.3 Å². The van der Waals surface area contributed by atoms with Crippen molar-refractivity contribution in [3.05, 3.63) is 29.3 Å². The minimum atomic E-state index is 0.0273. The maximum Gasteiger partial charge on any atom is 0.238 e. The van der Waals surface area contributed by atoms with Crippen molar-refractivity contribution in [1.82, 2.24) is 14.7 Å². The molecule has 1 N–H and O–H groups in total. The zero-order valence-corrected chi connectivity index (χ0v) is 18.4. The minimum Gasteiger partial charge on any atom is -0.341 e. The highest BCUT2D eigenvalue weighted by atomic mass is 16.2. The molecule has 29 heavy (non-hydrogen) atoms. The second-order valence-electron chi connectivity index (χ2n) is 9.09. The second kappa shape index (κ2) is 9.72. The number of hydrogen-bond donors (Lipinski definition) is 1. The molecular formula is C23H36N4O2. The van der Waals surface area contributed by atoms with Crippen LogP contribution in [0.3, 0.4) is 0 Å². The van der Waals surface area contributed by atoms with E-state index < -0.39 is 0 Å². The Morgan fingerprint density at radius 2 is 1.55 bits per heavy atom. The van der Waals surface area contributed by atoms with Crippen molar-refractivity contribution >= 4 is 17.5 Å². The molecule has 2 unspecified atom stereocenters. The van der Waals surface area contributed by atoms with Gasteiger partial charge >= 0.3 is 0 Å². The van der Waals surface area contributed by atoms with Gasteiger partial charge in [-0.3, -0.25) is 19.4 Å². The first-order chi connectivity index (χ1) is 13.8. The van der Waals surface area contributed by atoms with E-state index in [2.05, 4.69) is 42.0 Å². The van der Waals surface area contributed by atoms with Crippen LogP contribution >= 0.6 is 0 Å². The first-order valence-corrected chi connectivity index (χ1v) is 10.9. The molecule has 0 radical (unpaired) electrons. The third-order valence-corrected chi connectivity index (χ3v) is 6.29. The molecule has 0 aliphatic carbocycles. The van der Waals surface area contributed by atoms with E-state index in [0.29, 0.717) is 24.9 Å². The van der Waals surface area contributed by atoms with E-state index in [0.717, 1.165) is 50.5 Å². The van der Waals surface area contributed by atoms with Gasteiger partial charge in [-0.1, -0.05) is 26.0 Å². The van der Waals surface area contributed by atoms with Crippen molar-refractivity contribution in [2.24, 2.45) is 11.8 Å². The Bertz CT molecular complexity index is 718. The number of rotatable bonds is 5. The van der Waals surface area contributed by atoms with Crippen LogP contribution < -0.4 is 5.32 Å². The van der Waals surface area contributed by atoms with Crippen LogP contribution in [-0.2, 0) is 9.59 Å². The topological polar surface area (TPSA) is 55.9 Å². The van der Waals surface area contributed by atoms with Gasteiger partial charge in [0.2, 0.25) is 11.8 Å². The molecule has 0 aromatic heterocycles. The van der Waals surface area contributed by atoms with Gasteiger partial charge in [0.15, 0.2) is 0 Å². The molecule has 1 aromatic carbocycles. The molecule has 1 aromatic rings. The number of piperidine rings is 1. The quantitative estimate of drug-likeness (QED) is 0.824. The molecule has 2 aliphatic rings. The first-order valence-electron chi connectivity index (χ1n) is 10.9. The van der Waals surface area contributed by atoms with Crippen LogP contribution in [0.15, 0.2) is 18.2 Å². The number of likely N-dealkylation sites (tertiary alicyclic amines) is 1. The Kier molecular flexibility index (Phi) is 7.30. The summed E-state index contributed by atoms with van der Waals surface area (Å²) in [7, 11) is 0. The number of hydrogen-bond acceptors (Lipinski definition) is 4. The van der Waals surface area contributed by atoms with E-state index in [1.807, 2.05) is 24.0 Å². The molecule has 2 saturated heterocycles. The Morgan fingerprint density at radius 3 is 2.17 bits per heavy atom. The highest BCUT2D eigenvalue weighted by Crippen LogP contribution is 2.21. The number of benzene rings is 1. The predicted molar refractivity (Wildman–Crippen MR) is 117 cm³/mol. The normalized spacial score (nSPS) is 23.8. The summed E-state index contributed by atoms with van der Waals surface area (Å²) in [5.74, 6) is 1.47. The highest BCUT2D eigenvalue weighted by Gasteiger charge is 2.27. The van der Waals surface area contributed by atoms with Gasteiger partial charge in [-0.15, -0.1) is 0 Å². The smallest absolute Gasteiger partial charge is 0.238 e. The lowest BCUT2D eigenvalue weighted by molar-refractivity contribution is -0.135. The Labute approximate surface area is 175 Å². The van der Waals surface area contributed by atoms with Crippen LogP contribution in [0.2, 0.25) is 0 Å². The number of piperazine rings is 1. The van der Waals surface area contributed by atoms with E-state index >= 15 is 0 Å². The molecule has 2 amide bonds. The third kappa shape index (κ3) is 6.03. The Hall–Kier alpha value is -1.92. The van der Waals surface area contributed by atoms with Crippen molar-refractivity contribution in [2.75, 3.05) is 57.7 Å². The van der Waals surface area contributed by atoms with Crippen molar-refractivity contribution in [3.63, 3.8) is 0 Å². The summed E-state index contributed by atoms with van der Waals surface area (Å²) in [5, 5.41) is 3.04. The SMILES string of the molecule is Cc1cccc(NC(=O)CN2CCN(CC(=O)N3CC(C)CC(C)C3)CC2)c1C. The second-order valence-corrected chi connectivity index (χ2v) is 9.09. The van der Waals surface area contributed by atoms with Crippen LogP contribution in [0, 0.1) is 25.7 Å². The molecule has 0 spiro atoms. The number of amides is 2. The van der Waals surface area contributed by atoms with Crippen molar-refractivity contribution in [2.45, 2.75) is 34.1 Å². The monoisotopic (exact) mass is 400 g/mol. The summed E-state index contributed by atoms with van der Waals surface area (Å²) in [6.07, 6.45) is 1.21. The number of anilines is 1. The van der Waals surface area contributed by atoms with Crippen molar-refractivity contribution in [3.8, 4) is 0 Å². The van der Waals surface area contributed by atoms with Gasteiger partial charge in [0.05, 0.1) is 13.1 Å². The number of nitrogens with zero attached hydrogens (tertiary/aromatic N) is 3. The lowest BCUT2D eigenvalue weighted by Crippen LogP contribution is -2.52. The summed E-state index contributed by atoms with van der Waals surface area (Å²) in [4.78, 5) is 31.6. The molecule has 6 nitrogen and oxygen atoms in total. The van der Waals surface area contributed by atoms with Gasteiger partial charge < -0.3 is 10.2 Å². The molecule has 2 fully saturated rings. The van der Waals surface area contributed by atoms with Gasteiger partial charge in [0, 0.05) is 45.0 Å². The highest BCUT2D eigenvalue weighted by molar-refractivity contribution is 5.93. The maximum absolute atomic E-state index is 12.7. The van der Waals surface area contributed by atoms with Gasteiger partial charge in [-0.25, -0.2) is 0 Å². The fourth-order valence-corrected chi connectivity index (χ4v) is 4.54. The largest absolute Gasteiger partial charge is 0.341 e.